The molecular formula is C21H26N2O3S. The highest BCUT2D eigenvalue weighted by Gasteiger charge is 2.42. The predicted octanol–water partition coefficient (Wildman–Crippen LogP) is 3.09. The number of carbonyl (C=O) groups excluding carboxylic acids is 2. The minimum Gasteiger partial charge on any atom is -0.384 e. The van der Waals surface area contributed by atoms with Crippen LogP contribution in [0.15, 0.2) is 41.8 Å². The highest BCUT2D eigenvalue weighted by Crippen LogP contribution is 2.37. The van der Waals surface area contributed by atoms with Gasteiger partial charge in [-0.1, -0.05) is 30.3 Å². The summed E-state index contributed by atoms with van der Waals surface area (Å²) in [6.07, 6.45) is 2.36. The molecule has 0 spiro atoms. The lowest BCUT2D eigenvalue weighted by Crippen LogP contribution is -2.53. The van der Waals surface area contributed by atoms with Gasteiger partial charge in [-0.05, 0) is 41.8 Å². The summed E-state index contributed by atoms with van der Waals surface area (Å²) >= 11 is 1.68. The normalized spacial score (nSPS) is 19.8. The Kier molecular flexibility index (Phi) is 6.29. The summed E-state index contributed by atoms with van der Waals surface area (Å²) in [7, 11) is 1.58. The monoisotopic (exact) mass is 386 g/mol. The van der Waals surface area contributed by atoms with Crippen molar-refractivity contribution in [3.05, 3.63) is 47.3 Å². The summed E-state index contributed by atoms with van der Waals surface area (Å²) in [6, 6.07) is 12.3. The molecule has 0 radical (unpaired) electrons. The molecule has 1 unspecified atom stereocenters. The summed E-state index contributed by atoms with van der Waals surface area (Å²) in [4.78, 5) is 27.9. The first kappa shape index (κ1) is 19.6. The van der Waals surface area contributed by atoms with E-state index in [0.29, 0.717) is 39.0 Å². The van der Waals surface area contributed by atoms with Crippen LogP contribution in [0.5, 0.6) is 0 Å². The molecule has 0 bridgehead atoms. The Morgan fingerprint density at radius 3 is 2.78 bits per heavy atom. The van der Waals surface area contributed by atoms with E-state index in [1.165, 1.54) is 4.88 Å². The number of benzene rings is 1. The summed E-state index contributed by atoms with van der Waals surface area (Å²) < 4.78 is 5.02. The average molecular weight is 387 g/mol. The van der Waals surface area contributed by atoms with Crippen molar-refractivity contribution in [1.82, 2.24) is 4.90 Å². The number of ether oxygens (including phenoxy) is 1. The van der Waals surface area contributed by atoms with Gasteiger partial charge in [0.15, 0.2) is 0 Å². The van der Waals surface area contributed by atoms with Gasteiger partial charge in [-0.2, -0.15) is 0 Å². The van der Waals surface area contributed by atoms with Crippen LogP contribution < -0.4 is 5.73 Å². The van der Waals surface area contributed by atoms with Gasteiger partial charge in [-0.3, -0.25) is 9.59 Å². The fourth-order valence-electron chi connectivity index (χ4n) is 3.84. The third-order valence-corrected chi connectivity index (χ3v) is 6.21. The van der Waals surface area contributed by atoms with Crippen molar-refractivity contribution >= 4 is 23.2 Å². The van der Waals surface area contributed by atoms with Gasteiger partial charge in [-0.15, -0.1) is 11.3 Å². The molecule has 0 aliphatic carbocycles. The number of piperidine rings is 1. The van der Waals surface area contributed by atoms with Gasteiger partial charge in [0.25, 0.3) is 0 Å². The van der Waals surface area contributed by atoms with Crippen LogP contribution in [0.1, 0.15) is 24.8 Å². The topological polar surface area (TPSA) is 72.6 Å². The molecule has 1 aromatic carbocycles. The average Bonchev–Trinajstić information content (AvgIpc) is 3.21. The molecule has 1 fully saturated rings. The first-order chi connectivity index (χ1) is 13.1. The van der Waals surface area contributed by atoms with Gasteiger partial charge in [0.1, 0.15) is 0 Å². The van der Waals surface area contributed by atoms with Crippen LogP contribution in [-0.4, -0.2) is 43.5 Å². The number of primary amides is 1. The summed E-state index contributed by atoms with van der Waals surface area (Å²) in [5.74, 6) is -0.304. The molecule has 1 aliphatic heterocycles. The lowest BCUT2D eigenvalue weighted by Gasteiger charge is -2.41. The van der Waals surface area contributed by atoms with E-state index in [2.05, 4.69) is 18.2 Å². The first-order valence-electron chi connectivity index (χ1n) is 9.24. The summed E-state index contributed by atoms with van der Waals surface area (Å²) in [6.45, 7) is 1.44. The summed E-state index contributed by atoms with van der Waals surface area (Å²) in [5.41, 5.74) is 7.39. The van der Waals surface area contributed by atoms with Crippen LogP contribution in [0.2, 0.25) is 0 Å². The van der Waals surface area contributed by atoms with Crippen LogP contribution in [0, 0.1) is 5.41 Å². The maximum absolute atomic E-state index is 12.5. The molecule has 27 heavy (non-hydrogen) atoms. The van der Waals surface area contributed by atoms with Crippen LogP contribution in [-0.2, 0) is 20.7 Å². The Labute approximate surface area is 164 Å². The number of hydrogen-bond donors (Lipinski definition) is 1. The number of hydrogen-bond acceptors (Lipinski definition) is 4. The zero-order valence-electron chi connectivity index (χ0n) is 15.6. The standard InChI is InChI=1S/C21H26N2O3S/c1-26-12-9-19(24)23-11-5-10-21(15-23,20(22)25)14-16-6-2-3-7-17(16)18-8-4-13-27-18/h2-4,6-8,13H,5,9-12,14-15H2,1H3,(H2,22,25). The van der Waals surface area contributed by atoms with Gasteiger partial charge < -0.3 is 15.4 Å². The van der Waals surface area contributed by atoms with Crippen molar-refractivity contribution in [3.8, 4) is 10.4 Å². The van der Waals surface area contributed by atoms with Crippen molar-refractivity contribution in [2.24, 2.45) is 11.1 Å². The number of rotatable bonds is 7. The van der Waals surface area contributed by atoms with Crippen LogP contribution in [0.25, 0.3) is 10.4 Å². The molecule has 3 rings (SSSR count). The third-order valence-electron chi connectivity index (χ3n) is 5.31. The van der Waals surface area contributed by atoms with Gasteiger partial charge in [0, 0.05) is 25.1 Å². The summed E-state index contributed by atoms with van der Waals surface area (Å²) in [5, 5.41) is 2.05. The SMILES string of the molecule is COCCC(=O)N1CCCC(Cc2ccccc2-c2cccs2)(C(N)=O)C1. The molecule has 1 saturated heterocycles. The second kappa shape index (κ2) is 8.67. The molecule has 2 amide bonds. The number of likely N-dealkylation sites (tertiary alicyclic amines) is 1. The van der Waals surface area contributed by atoms with Crippen LogP contribution >= 0.6 is 11.3 Å². The highest BCUT2D eigenvalue weighted by atomic mass is 32.1. The minimum atomic E-state index is -0.728. The van der Waals surface area contributed by atoms with E-state index in [9.17, 15) is 9.59 Å². The lowest BCUT2D eigenvalue weighted by atomic mass is 9.73. The molecule has 1 atom stereocenters. The zero-order valence-corrected chi connectivity index (χ0v) is 16.5. The molecule has 5 nitrogen and oxygen atoms in total. The van der Waals surface area contributed by atoms with Crippen LogP contribution in [0.4, 0.5) is 0 Å². The van der Waals surface area contributed by atoms with Crippen molar-refractivity contribution in [2.75, 3.05) is 26.8 Å². The van der Waals surface area contributed by atoms with Gasteiger partial charge in [-0.25, -0.2) is 0 Å². The Morgan fingerprint density at radius 2 is 2.07 bits per heavy atom. The third kappa shape index (κ3) is 4.39. The Bertz CT molecular complexity index is 790. The maximum Gasteiger partial charge on any atom is 0.225 e. The van der Waals surface area contributed by atoms with Gasteiger partial charge >= 0.3 is 0 Å². The highest BCUT2D eigenvalue weighted by molar-refractivity contribution is 7.13. The molecule has 6 heteroatoms. The van der Waals surface area contributed by atoms with Gasteiger partial charge in [0.2, 0.25) is 11.8 Å². The van der Waals surface area contributed by atoms with E-state index in [1.54, 1.807) is 23.3 Å². The van der Waals surface area contributed by atoms with E-state index in [4.69, 9.17) is 10.5 Å². The number of nitrogens with two attached hydrogens (primary N) is 1. The Balaban J connectivity index is 1.86. The van der Waals surface area contributed by atoms with E-state index >= 15 is 0 Å². The van der Waals surface area contributed by atoms with Crippen molar-refractivity contribution in [1.29, 1.82) is 0 Å². The molecule has 2 heterocycles. The quantitative estimate of drug-likeness (QED) is 0.795. The molecule has 1 aliphatic rings. The van der Waals surface area contributed by atoms with E-state index in [1.807, 2.05) is 23.6 Å². The minimum absolute atomic E-state index is 0.0220. The number of methoxy groups -OCH3 is 1. The van der Waals surface area contributed by atoms with Crippen LogP contribution in [0.3, 0.4) is 0 Å². The molecule has 2 aromatic rings. The van der Waals surface area contributed by atoms with E-state index < -0.39 is 5.41 Å². The molecule has 144 valence electrons. The lowest BCUT2D eigenvalue weighted by molar-refractivity contribution is -0.140. The predicted molar refractivity (Wildman–Crippen MR) is 107 cm³/mol. The second-order valence-electron chi connectivity index (χ2n) is 7.12. The Hall–Kier alpha value is -2.18. The maximum atomic E-state index is 12.5. The number of thiophene rings is 1. The van der Waals surface area contributed by atoms with Crippen molar-refractivity contribution < 1.29 is 14.3 Å². The molecule has 1 aromatic heterocycles. The zero-order chi connectivity index (χ0) is 19.3. The van der Waals surface area contributed by atoms with Gasteiger partial charge in [0.05, 0.1) is 18.4 Å². The van der Waals surface area contributed by atoms with Crippen molar-refractivity contribution in [3.63, 3.8) is 0 Å². The smallest absolute Gasteiger partial charge is 0.225 e. The molecule has 2 N–H and O–H groups in total. The fraction of sp³-hybridized carbons (Fsp3) is 0.429. The number of nitrogens with zero attached hydrogens (tertiary/aromatic N) is 1. The second-order valence-corrected chi connectivity index (χ2v) is 8.07. The molecule has 0 saturated carbocycles. The molecular weight excluding hydrogens is 360 g/mol. The van der Waals surface area contributed by atoms with Crippen molar-refractivity contribution in [2.45, 2.75) is 25.7 Å². The van der Waals surface area contributed by atoms with E-state index in [-0.39, 0.29) is 11.8 Å². The number of carbonyl (C=O) groups is 2. The van der Waals surface area contributed by atoms with E-state index in [0.717, 1.165) is 17.5 Å². The fourth-order valence-corrected chi connectivity index (χ4v) is 4.62. The Morgan fingerprint density at radius 1 is 1.26 bits per heavy atom. The number of amides is 2. The largest absolute Gasteiger partial charge is 0.384 e. The first-order valence-corrected chi connectivity index (χ1v) is 10.1.